The van der Waals surface area contributed by atoms with E-state index in [0.717, 1.165) is 44.7 Å². The molecule has 2 aromatic rings. The molecule has 1 atom stereocenters. The zero-order chi connectivity index (χ0) is 16.9. The van der Waals surface area contributed by atoms with Gasteiger partial charge in [-0.05, 0) is 44.4 Å². The molecule has 2 aliphatic heterocycles. The maximum absolute atomic E-state index is 5.97. The van der Waals surface area contributed by atoms with Crippen molar-refractivity contribution in [2.45, 2.75) is 37.6 Å². The molecule has 0 N–H and O–H groups in total. The molecule has 6 nitrogen and oxygen atoms in total. The lowest BCUT2D eigenvalue weighted by molar-refractivity contribution is 0.0236. The molecule has 6 heteroatoms. The van der Waals surface area contributed by atoms with Crippen molar-refractivity contribution in [1.29, 1.82) is 0 Å². The molecule has 0 aliphatic carbocycles. The van der Waals surface area contributed by atoms with E-state index in [2.05, 4.69) is 19.9 Å². The molecule has 4 rings (SSSR count). The number of hydrogen-bond acceptors (Lipinski definition) is 6. The molecule has 2 aromatic heterocycles. The molecule has 2 aliphatic rings. The first-order valence-corrected chi connectivity index (χ1v) is 9.11. The van der Waals surface area contributed by atoms with Gasteiger partial charge in [0.15, 0.2) is 0 Å². The summed E-state index contributed by atoms with van der Waals surface area (Å²) in [4.78, 5) is 15.8. The summed E-state index contributed by atoms with van der Waals surface area (Å²) in [7, 11) is 0. The molecule has 0 radical (unpaired) electrons. The molecular weight excluding hydrogens is 316 g/mol. The van der Waals surface area contributed by atoms with Crippen molar-refractivity contribution in [3.63, 3.8) is 0 Å². The van der Waals surface area contributed by atoms with Crippen molar-refractivity contribution in [1.82, 2.24) is 19.9 Å². The molecule has 0 unspecified atom stereocenters. The highest BCUT2D eigenvalue weighted by Crippen LogP contribution is 2.33. The number of hydrogen-bond donors (Lipinski definition) is 0. The molecule has 0 spiro atoms. The molecule has 2 fully saturated rings. The van der Waals surface area contributed by atoms with E-state index in [9.17, 15) is 0 Å². The van der Waals surface area contributed by atoms with Crippen molar-refractivity contribution < 1.29 is 9.47 Å². The highest BCUT2D eigenvalue weighted by Gasteiger charge is 2.30. The largest absolute Gasteiger partial charge is 0.436 e. The Hall–Kier alpha value is -2.05. The third-order valence-electron chi connectivity index (χ3n) is 5.09. The topological polar surface area (TPSA) is 60.4 Å². The fourth-order valence-corrected chi connectivity index (χ4v) is 3.83. The summed E-state index contributed by atoms with van der Waals surface area (Å²) < 4.78 is 11.5. The smallest absolute Gasteiger partial charge is 0.241 e. The standard InChI is InChI=1S/C19H24N4O2/c1-4-17(13-20-7-1)25-19-18(21-8-9-22-19)15-3-2-10-23(14-15)16-5-11-24-12-6-16/h1,4,7-9,13,15-16H,2-3,5-6,10-12,14H2/t15-/m0/s1. The maximum atomic E-state index is 5.97. The second kappa shape index (κ2) is 7.89. The second-order valence-corrected chi connectivity index (χ2v) is 6.72. The van der Waals surface area contributed by atoms with Gasteiger partial charge in [0.25, 0.3) is 0 Å². The van der Waals surface area contributed by atoms with Crippen molar-refractivity contribution in [3.05, 3.63) is 42.6 Å². The minimum atomic E-state index is 0.358. The van der Waals surface area contributed by atoms with Gasteiger partial charge < -0.3 is 9.47 Å². The van der Waals surface area contributed by atoms with E-state index in [1.807, 2.05) is 12.1 Å². The summed E-state index contributed by atoms with van der Waals surface area (Å²) in [5, 5.41) is 0. The minimum Gasteiger partial charge on any atom is -0.436 e. The van der Waals surface area contributed by atoms with Gasteiger partial charge in [0.05, 0.1) is 6.20 Å². The molecule has 4 heterocycles. The predicted octanol–water partition coefficient (Wildman–Crippen LogP) is 3.02. The summed E-state index contributed by atoms with van der Waals surface area (Å²) in [6.45, 7) is 3.95. The van der Waals surface area contributed by atoms with Gasteiger partial charge in [-0.15, -0.1) is 0 Å². The van der Waals surface area contributed by atoms with Crippen molar-refractivity contribution in [2.24, 2.45) is 0 Å². The highest BCUT2D eigenvalue weighted by atomic mass is 16.5. The Labute approximate surface area is 148 Å². The molecule has 0 saturated carbocycles. The van der Waals surface area contributed by atoms with Crippen LogP contribution in [0.5, 0.6) is 11.6 Å². The lowest BCUT2D eigenvalue weighted by atomic mass is 9.92. The zero-order valence-corrected chi connectivity index (χ0v) is 14.4. The fourth-order valence-electron chi connectivity index (χ4n) is 3.83. The third kappa shape index (κ3) is 3.96. The van der Waals surface area contributed by atoms with E-state index in [-0.39, 0.29) is 0 Å². The normalized spacial score (nSPS) is 22.6. The Kier molecular flexibility index (Phi) is 5.18. The number of rotatable bonds is 4. The van der Waals surface area contributed by atoms with E-state index in [0.29, 0.717) is 23.6 Å². The van der Waals surface area contributed by atoms with Crippen LogP contribution in [0.2, 0.25) is 0 Å². The molecule has 2 saturated heterocycles. The molecule has 25 heavy (non-hydrogen) atoms. The average molecular weight is 340 g/mol. The number of aromatic nitrogens is 3. The lowest BCUT2D eigenvalue weighted by Gasteiger charge is -2.39. The van der Waals surface area contributed by atoms with Crippen LogP contribution < -0.4 is 4.74 Å². The van der Waals surface area contributed by atoms with Gasteiger partial charge in [0.2, 0.25) is 5.88 Å². The van der Waals surface area contributed by atoms with Crippen LogP contribution in [0.3, 0.4) is 0 Å². The van der Waals surface area contributed by atoms with Crippen LogP contribution in [-0.4, -0.2) is 52.2 Å². The van der Waals surface area contributed by atoms with E-state index in [1.165, 1.54) is 13.0 Å². The van der Waals surface area contributed by atoms with Crippen molar-refractivity contribution in [3.8, 4) is 11.6 Å². The van der Waals surface area contributed by atoms with Crippen LogP contribution in [0.15, 0.2) is 36.9 Å². The average Bonchev–Trinajstić information content (AvgIpc) is 2.70. The van der Waals surface area contributed by atoms with Crippen LogP contribution in [0.25, 0.3) is 0 Å². The quantitative estimate of drug-likeness (QED) is 0.853. The number of nitrogens with zero attached hydrogens (tertiary/aromatic N) is 4. The Morgan fingerprint density at radius 2 is 1.96 bits per heavy atom. The number of likely N-dealkylation sites (tertiary alicyclic amines) is 1. The first-order chi connectivity index (χ1) is 12.4. The van der Waals surface area contributed by atoms with Crippen LogP contribution in [0.4, 0.5) is 0 Å². The lowest BCUT2D eigenvalue weighted by Crippen LogP contribution is -2.44. The molecule has 0 aromatic carbocycles. The zero-order valence-electron chi connectivity index (χ0n) is 14.4. The summed E-state index contributed by atoms with van der Waals surface area (Å²) in [5.74, 6) is 1.66. The highest BCUT2D eigenvalue weighted by molar-refractivity contribution is 5.29. The van der Waals surface area contributed by atoms with Crippen LogP contribution in [0, 0.1) is 0 Å². The number of piperidine rings is 1. The van der Waals surface area contributed by atoms with Gasteiger partial charge >= 0.3 is 0 Å². The van der Waals surface area contributed by atoms with Crippen molar-refractivity contribution in [2.75, 3.05) is 26.3 Å². The van der Waals surface area contributed by atoms with Gasteiger partial charge in [-0.3, -0.25) is 14.9 Å². The summed E-state index contributed by atoms with van der Waals surface area (Å²) >= 11 is 0. The fraction of sp³-hybridized carbons (Fsp3) is 0.526. The van der Waals surface area contributed by atoms with Crippen molar-refractivity contribution >= 4 is 0 Å². The Bertz CT molecular complexity index is 676. The SMILES string of the molecule is c1cncc(Oc2nccnc2[C@H]2CCCN(C3CCOCC3)C2)c1. The Morgan fingerprint density at radius 1 is 1.08 bits per heavy atom. The van der Waals surface area contributed by atoms with Crippen LogP contribution in [-0.2, 0) is 4.74 Å². The van der Waals surface area contributed by atoms with E-state index in [4.69, 9.17) is 9.47 Å². The minimum absolute atomic E-state index is 0.358. The van der Waals surface area contributed by atoms with E-state index in [1.54, 1.807) is 24.8 Å². The maximum Gasteiger partial charge on any atom is 0.241 e. The van der Waals surface area contributed by atoms with E-state index < -0.39 is 0 Å². The molecular formula is C19H24N4O2. The van der Waals surface area contributed by atoms with E-state index >= 15 is 0 Å². The monoisotopic (exact) mass is 340 g/mol. The van der Waals surface area contributed by atoms with Gasteiger partial charge in [0, 0.05) is 50.3 Å². The van der Waals surface area contributed by atoms with Gasteiger partial charge in [-0.1, -0.05) is 0 Å². The summed E-state index contributed by atoms with van der Waals surface area (Å²) in [6, 6.07) is 4.38. The van der Waals surface area contributed by atoms with Gasteiger partial charge in [0.1, 0.15) is 11.4 Å². The number of pyridine rings is 1. The second-order valence-electron chi connectivity index (χ2n) is 6.72. The Balaban J connectivity index is 1.50. The van der Waals surface area contributed by atoms with Crippen LogP contribution >= 0.6 is 0 Å². The molecule has 0 amide bonds. The van der Waals surface area contributed by atoms with Crippen LogP contribution in [0.1, 0.15) is 37.3 Å². The Morgan fingerprint density at radius 3 is 2.80 bits per heavy atom. The molecule has 132 valence electrons. The summed E-state index contributed by atoms with van der Waals surface area (Å²) in [6.07, 6.45) is 11.5. The predicted molar refractivity (Wildman–Crippen MR) is 93.7 cm³/mol. The summed E-state index contributed by atoms with van der Waals surface area (Å²) in [5.41, 5.74) is 0.961. The molecule has 0 bridgehead atoms. The van der Waals surface area contributed by atoms with Gasteiger partial charge in [-0.2, -0.15) is 0 Å². The van der Waals surface area contributed by atoms with Gasteiger partial charge in [-0.25, -0.2) is 4.98 Å². The third-order valence-corrected chi connectivity index (χ3v) is 5.09. The number of ether oxygens (including phenoxy) is 2. The first-order valence-electron chi connectivity index (χ1n) is 9.11. The first kappa shape index (κ1) is 16.4.